The van der Waals surface area contributed by atoms with Crippen LogP contribution in [-0.2, 0) is 16.1 Å². The average Bonchev–Trinajstić information content (AvgIpc) is 2.84. The molecule has 1 aliphatic rings. The van der Waals surface area contributed by atoms with Gasteiger partial charge in [-0.1, -0.05) is 0 Å². The fourth-order valence-electron chi connectivity index (χ4n) is 1.98. The Labute approximate surface area is 115 Å². The van der Waals surface area contributed by atoms with E-state index in [9.17, 15) is 4.79 Å². The highest BCUT2D eigenvalue weighted by atomic mass is 32.1. The highest BCUT2D eigenvalue weighted by molar-refractivity contribution is 7.12. The van der Waals surface area contributed by atoms with Crippen molar-refractivity contribution in [2.24, 2.45) is 0 Å². The molecular weight excluding hydrogens is 266 g/mol. The Balaban J connectivity index is 1.90. The second kappa shape index (κ2) is 6.81. The maximum absolute atomic E-state index is 10.4. The molecule has 2 rings (SSSR count). The van der Waals surface area contributed by atoms with Crippen molar-refractivity contribution in [2.75, 3.05) is 26.3 Å². The van der Waals surface area contributed by atoms with E-state index in [1.807, 2.05) is 12.1 Å². The van der Waals surface area contributed by atoms with Crippen LogP contribution in [0.15, 0.2) is 18.2 Å². The summed E-state index contributed by atoms with van der Waals surface area (Å²) in [6.45, 7) is 3.09. The molecular formula is C13H17NO4S. The van der Waals surface area contributed by atoms with E-state index in [4.69, 9.17) is 14.9 Å². The lowest BCUT2D eigenvalue weighted by Gasteiger charge is -2.31. The number of nitrogens with zero attached hydrogens (tertiary/aromatic N) is 1. The molecule has 1 aliphatic heterocycles. The molecule has 1 aromatic rings. The van der Waals surface area contributed by atoms with Crippen LogP contribution in [0.4, 0.5) is 0 Å². The molecule has 0 aromatic carbocycles. The third-order valence-corrected chi connectivity index (χ3v) is 3.91. The predicted molar refractivity (Wildman–Crippen MR) is 73.1 cm³/mol. The molecule has 0 amide bonds. The molecule has 2 heterocycles. The van der Waals surface area contributed by atoms with E-state index in [1.54, 1.807) is 17.4 Å². The molecule has 0 aliphatic carbocycles. The second-order valence-electron chi connectivity index (χ2n) is 4.39. The molecule has 1 atom stereocenters. The van der Waals surface area contributed by atoms with Gasteiger partial charge in [-0.25, -0.2) is 4.79 Å². The van der Waals surface area contributed by atoms with Gasteiger partial charge >= 0.3 is 5.97 Å². The molecule has 19 heavy (non-hydrogen) atoms. The molecule has 0 bridgehead atoms. The lowest BCUT2D eigenvalue weighted by Crippen LogP contribution is -2.43. The van der Waals surface area contributed by atoms with E-state index in [-0.39, 0.29) is 12.7 Å². The van der Waals surface area contributed by atoms with Gasteiger partial charge in [-0.05, 0) is 18.2 Å². The Kier molecular flexibility index (Phi) is 5.09. The van der Waals surface area contributed by atoms with Gasteiger partial charge in [0.05, 0.1) is 19.3 Å². The molecule has 1 aromatic heterocycles. The van der Waals surface area contributed by atoms with Crippen molar-refractivity contribution in [1.29, 1.82) is 0 Å². The van der Waals surface area contributed by atoms with Crippen LogP contribution in [0, 0.1) is 0 Å². The van der Waals surface area contributed by atoms with Crippen LogP contribution in [-0.4, -0.2) is 53.5 Å². The molecule has 6 heteroatoms. The third-order valence-electron chi connectivity index (χ3n) is 2.88. The normalized spacial score (nSPS) is 21.0. The average molecular weight is 283 g/mol. The number of rotatable bonds is 5. The number of ether oxygens (including phenoxy) is 1. The Morgan fingerprint density at radius 2 is 2.42 bits per heavy atom. The number of hydrogen-bond acceptors (Lipinski definition) is 5. The maximum Gasteiger partial charge on any atom is 0.328 e. The minimum Gasteiger partial charge on any atom is -0.478 e. The summed E-state index contributed by atoms with van der Waals surface area (Å²) in [6, 6.07) is 3.93. The van der Waals surface area contributed by atoms with E-state index < -0.39 is 5.97 Å². The van der Waals surface area contributed by atoms with E-state index in [0.29, 0.717) is 6.61 Å². The Morgan fingerprint density at radius 3 is 3.16 bits per heavy atom. The molecule has 5 nitrogen and oxygen atoms in total. The highest BCUT2D eigenvalue weighted by Gasteiger charge is 2.19. The largest absolute Gasteiger partial charge is 0.478 e. The van der Waals surface area contributed by atoms with Crippen molar-refractivity contribution in [2.45, 2.75) is 12.6 Å². The summed E-state index contributed by atoms with van der Waals surface area (Å²) in [5.41, 5.74) is 0. The number of carbonyl (C=O) groups is 1. The molecule has 1 unspecified atom stereocenters. The summed E-state index contributed by atoms with van der Waals surface area (Å²) in [4.78, 5) is 14.8. The van der Waals surface area contributed by atoms with Gasteiger partial charge < -0.3 is 14.9 Å². The summed E-state index contributed by atoms with van der Waals surface area (Å²) in [5, 5.41) is 17.7. The van der Waals surface area contributed by atoms with Crippen molar-refractivity contribution < 1.29 is 19.7 Å². The van der Waals surface area contributed by atoms with Crippen LogP contribution in [0.5, 0.6) is 0 Å². The molecule has 0 saturated carbocycles. The molecule has 2 N–H and O–H groups in total. The van der Waals surface area contributed by atoms with Crippen LogP contribution in [0.2, 0.25) is 0 Å². The fourth-order valence-corrected chi connectivity index (χ4v) is 2.94. The van der Waals surface area contributed by atoms with Crippen molar-refractivity contribution in [1.82, 2.24) is 4.90 Å². The molecule has 0 radical (unpaired) electrons. The summed E-state index contributed by atoms with van der Waals surface area (Å²) < 4.78 is 5.40. The first-order chi connectivity index (χ1) is 9.17. The Bertz CT molecular complexity index is 457. The number of morpholine rings is 1. The first-order valence-corrected chi connectivity index (χ1v) is 6.93. The predicted octanol–water partition coefficient (Wildman–Crippen LogP) is 1.04. The number of hydrogen-bond donors (Lipinski definition) is 2. The minimum absolute atomic E-state index is 0.0491. The lowest BCUT2D eigenvalue weighted by atomic mass is 10.2. The van der Waals surface area contributed by atoms with Crippen molar-refractivity contribution in [3.05, 3.63) is 28.0 Å². The standard InChI is InChI=1S/C13H17NO4S/c15-9-10-7-14(5-6-18-10)8-12-2-1-11(19-12)3-4-13(16)17/h1-4,10,15H,5-9H2,(H,16,17)/b4-3+. The fraction of sp³-hybridized carbons (Fsp3) is 0.462. The van der Waals surface area contributed by atoms with Crippen molar-refractivity contribution >= 4 is 23.4 Å². The van der Waals surface area contributed by atoms with Crippen LogP contribution < -0.4 is 0 Å². The number of carboxylic acid groups (broad SMARTS) is 1. The summed E-state index contributed by atoms with van der Waals surface area (Å²) in [6.07, 6.45) is 2.65. The zero-order chi connectivity index (χ0) is 13.7. The van der Waals surface area contributed by atoms with Crippen LogP contribution in [0.25, 0.3) is 6.08 Å². The van der Waals surface area contributed by atoms with Gasteiger partial charge in [0.2, 0.25) is 0 Å². The Morgan fingerprint density at radius 1 is 1.58 bits per heavy atom. The number of carboxylic acids is 1. The summed E-state index contributed by atoms with van der Waals surface area (Å²) in [5.74, 6) is -0.936. The van der Waals surface area contributed by atoms with E-state index in [0.717, 1.165) is 30.6 Å². The van der Waals surface area contributed by atoms with E-state index in [1.165, 1.54) is 4.88 Å². The van der Waals surface area contributed by atoms with Crippen LogP contribution in [0.1, 0.15) is 9.75 Å². The highest BCUT2D eigenvalue weighted by Crippen LogP contribution is 2.20. The topological polar surface area (TPSA) is 70.0 Å². The quantitative estimate of drug-likeness (QED) is 0.790. The first kappa shape index (κ1) is 14.2. The van der Waals surface area contributed by atoms with Crippen LogP contribution >= 0.6 is 11.3 Å². The summed E-state index contributed by atoms with van der Waals surface area (Å²) >= 11 is 1.58. The number of thiophene rings is 1. The smallest absolute Gasteiger partial charge is 0.328 e. The van der Waals surface area contributed by atoms with Gasteiger partial charge in [0, 0.05) is 35.5 Å². The summed E-state index contributed by atoms with van der Waals surface area (Å²) in [7, 11) is 0. The van der Waals surface area contributed by atoms with Crippen molar-refractivity contribution in [3.8, 4) is 0 Å². The lowest BCUT2D eigenvalue weighted by molar-refractivity contribution is -0.131. The van der Waals surface area contributed by atoms with Gasteiger partial charge in [0.1, 0.15) is 0 Å². The SMILES string of the molecule is O=C(O)/C=C/c1ccc(CN2CCOC(CO)C2)s1. The van der Waals surface area contributed by atoms with Crippen molar-refractivity contribution in [3.63, 3.8) is 0 Å². The maximum atomic E-state index is 10.4. The number of aliphatic hydroxyl groups excluding tert-OH is 1. The van der Waals surface area contributed by atoms with Crippen LogP contribution in [0.3, 0.4) is 0 Å². The number of aliphatic hydroxyl groups is 1. The molecule has 104 valence electrons. The first-order valence-electron chi connectivity index (χ1n) is 6.12. The Hall–Kier alpha value is -1.21. The second-order valence-corrected chi connectivity index (χ2v) is 5.59. The van der Waals surface area contributed by atoms with Gasteiger partial charge in [-0.15, -0.1) is 11.3 Å². The zero-order valence-electron chi connectivity index (χ0n) is 10.5. The number of aliphatic carboxylic acids is 1. The van der Waals surface area contributed by atoms with Gasteiger partial charge in [0.25, 0.3) is 0 Å². The van der Waals surface area contributed by atoms with E-state index >= 15 is 0 Å². The minimum atomic E-state index is -0.936. The van der Waals surface area contributed by atoms with Gasteiger partial charge in [0.15, 0.2) is 0 Å². The van der Waals surface area contributed by atoms with E-state index in [2.05, 4.69) is 4.90 Å². The molecule has 0 spiro atoms. The molecule has 1 fully saturated rings. The van der Waals surface area contributed by atoms with Gasteiger partial charge in [-0.2, -0.15) is 0 Å². The van der Waals surface area contributed by atoms with Gasteiger partial charge in [-0.3, -0.25) is 4.90 Å². The molecule has 1 saturated heterocycles. The third kappa shape index (κ3) is 4.43. The zero-order valence-corrected chi connectivity index (χ0v) is 11.3. The monoisotopic (exact) mass is 283 g/mol.